The highest BCUT2D eigenvalue weighted by Gasteiger charge is 2.21. The molecule has 166 valence electrons. The molecule has 0 N–H and O–H groups in total. The lowest BCUT2D eigenvalue weighted by Gasteiger charge is -2.14. The summed E-state index contributed by atoms with van der Waals surface area (Å²) >= 11 is 0. The maximum absolute atomic E-state index is 12.6. The van der Waals surface area contributed by atoms with E-state index in [1.807, 2.05) is 19.9 Å². The second-order valence-electron chi connectivity index (χ2n) is 7.50. The van der Waals surface area contributed by atoms with Gasteiger partial charge in [-0.25, -0.2) is 4.79 Å². The van der Waals surface area contributed by atoms with Crippen LogP contribution in [0.2, 0.25) is 0 Å². The Bertz CT molecular complexity index is 969. The lowest BCUT2D eigenvalue weighted by molar-refractivity contribution is -0.136. The fourth-order valence-electron chi connectivity index (χ4n) is 3.75. The Balaban J connectivity index is 1.60. The number of hydrogen-bond donors (Lipinski definition) is 0. The Kier molecular flexibility index (Phi) is 7.52. The van der Waals surface area contributed by atoms with Gasteiger partial charge in [0.05, 0.1) is 20.3 Å². The molecule has 2 heterocycles. The van der Waals surface area contributed by atoms with E-state index < -0.39 is 5.97 Å². The van der Waals surface area contributed by atoms with Crippen molar-refractivity contribution in [3.63, 3.8) is 0 Å². The van der Waals surface area contributed by atoms with E-state index in [9.17, 15) is 9.59 Å². The second-order valence-corrected chi connectivity index (χ2v) is 7.50. The monoisotopic (exact) mass is 427 g/mol. The molecule has 0 bridgehead atoms. The highest BCUT2D eigenvalue weighted by atomic mass is 16.5. The molecule has 0 spiro atoms. The number of ketones is 1. The van der Waals surface area contributed by atoms with Crippen LogP contribution < -0.4 is 9.47 Å². The van der Waals surface area contributed by atoms with Crippen LogP contribution in [-0.4, -0.2) is 49.9 Å². The number of aryl methyl sites for hydroxylation is 1. The summed E-state index contributed by atoms with van der Waals surface area (Å²) in [6.45, 7) is 5.08. The van der Waals surface area contributed by atoms with E-state index in [-0.39, 0.29) is 18.5 Å². The SMILES string of the molecule is COc1ccc(OC)c(/C=C/C(=O)OCC(=O)c2cc(C)n(C[C@H]3CCCO3)c2C)c1. The molecule has 1 fully saturated rings. The minimum atomic E-state index is -0.605. The number of methoxy groups -OCH3 is 2. The van der Waals surface area contributed by atoms with Crippen LogP contribution in [0.15, 0.2) is 30.3 Å². The number of carbonyl (C=O) groups excluding carboxylic acids is 2. The van der Waals surface area contributed by atoms with E-state index in [1.54, 1.807) is 38.5 Å². The van der Waals surface area contributed by atoms with Gasteiger partial charge in [0.2, 0.25) is 5.78 Å². The summed E-state index contributed by atoms with van der Waals surface area (Å²) in [5, 5.41) is 0. The van der Waals surface area contributed by atoms with Gasteiger partial charge in [-0.2, -0.15) is 0 Å². The first-order chi connectivity index (χ1) is 14.9. The van der Waals surface area contributed by atoms with Crippen LogP contribution >= 0.6 is 0 Å². The number of Topliss-reactive ketones (excluding diaryl/α,β-unsaturated/α-hetero) is 1. The number of rotatable bonds is 9. The molecule has 7 nitrogen and oxygen atoms in total. The molecular formula is C24H29NO6. The van der Waals surface area contributed by atoms with E-state index in [0.29, 0.717) is 22.6 Å². The first-order valence-electron chi connectivity index (χ1n) is 10.3. The summed E-state index contributed by atoms with van der Waals surface area (Å²) in [5.41, 5.74) is 3.10. The summed E-state index contributed by atoms with van der Waals surface area (Å²) in [4.78, 5) is 24.8. The van der Waals surface area contributed by atoms with E-state index in [2.05, 4.69) is 4.57 Å². The molecular weight excluding hydrogens is 398 g/mol. The van der Waals surface area contributed by atoms with Gasteiger partial charge in [0.15, 0.2) is 6.61 Å². The van der Waals surface area contributed by atoms with Gasteiger partial charge in [-0.15, -0.1) is 0 Å². The number of ether oxygens (including phenoxy) is 4. The Labute approximate surface area is 182 Å². The minimum Gasteiger partial charge on any atom is -0.497 e. The first kappa shape index (κ1) is 22.6. The zero-order valence-electron chi connectivity index (χ0n) is 18.5. The van der Waals surface area contributed by atoms with Crippen LogP contribution in [0.25, 0.3) is 6.08 Å². The smallest absolute Gasteiger partial charge is 0.331 e. The predicted molar refractivity (Wildman–Crippen MR) is 117 cm³/mol. The second kappa shape index (κ2) is 10.3. The topological polar surface area (TPSA) is 76.0 Å². The molecule has 1 aliphatic heterocycles. The molecule has 1 atom stereocenters. The van der Waals surface area contributed by atoms with E-state index in [4.69, 9.17) is 18.9 Å². The van der Waals surface area contributed by atoms with Crippen molar-refractivity contribution in [2.75, 3.05) is 27.4 Å². The van der Waals surface area contributed by atoms with Crippen molar-refractivity contribution in [1.82, 2.24) is 4.57 Å². The zero-order chi connectivity index (χ0) is 22.4. The van der Waals surface area contributed by atoms with Gasteiger partial charge in [0.25, 0.3) is 0 Å². The third kappa shape index (κ3) is 5.55. The molecule has 1 saturated heterocycles. The maximum atomic E-state index is 12.6. The summed E-state index contributed by atoms with van der Waals surface area (Å²) in [6.07, 6.45) is 5.13. The van der Waals surface area contributed by atoms with Gasteiger partial charge in [0, 0.05) is 41.7 Å². The summed E-state index contributed by atoms with van der Waals surface area (Å²) in [7, 11) is 3.11. The van der Waals surface area contributed by atoms with Crippen molar-refractivity contribution in [2.45, 2.75) is 39.3 Å². The van der Waals surface area contributed by atoms with Gasteiger partial charge < -0.3 is 23.5 Å². The van der Waals surface area contributed by atoms with Crippen molar-refractivity contribution >= 4 is 17.8 Å². The molecule has 1 aromatic carbocycles. The van der Waals surface area contributed by atoms with Gasteiger partial charge >= 0.3 is 5.97 Å². The number of nitrogens with zero attached hydrogens (tertiary/aromatic N) is 1. The molecule has 0 amide bonds. The normalized spacial score (nSPS) is 15.9. The molecule has 0 radical (unpaired) electrons. The number of hydrogen-bond acceptors (Lipinski definition) is 6. The molecule has 1 aromatic heterocycles. The fourth-order valence-corrected chi connectivity index (χ4v) is 3.75. The minimum absolute atomic E-state index is 0.185. The van der Waals surface area contributed by atoms with Crippen LogP contribution in [-0.2, 0) is 20.8 Å². The molecule has 1 aliphatic rings. The Hall–Kier alpha value is -3.06. The van der Waals surface area contributed by atoms with Gasteiger partial charge in [-0.1, -0.05) is 0 Å². The zero-order valence-corrected chi connectivity index (χ0v) is 18.5. The molecule has 2 aromatic rings. The largest absolute Gasteiger partial charge is 0.497 e. The van der Waals surface area contributed by atoms with Crippen LogP contribution in [0.3, 0.4) is 0 Å². The molecule has 0 aliphatic carbocycles. The van der Waals surface area contributed by atoms with E-state index in [1.165, 1.54) is 6.08 Å². The fraction of sp³-hybridized carbons (Fsp3) is 0.417. The van der Waals surface area contributed by atoms with Crippen LogP contribution in [0.1, 0.15) is 40.2 Å². The van der Waals surface area contributed by atoms with E-state index in [0.717, 1.165) is 37.4 Å². The third-order valence-corrected chi connectivity index (χ3v) is 5.47. The number of benzene rings is 1. The first-order valence-corrected chi connectivity index (χ1v) is 10.3. The Morgan fingerprint density at radius 1 is 1.19 bits per heavy atom. The Morgan fingerprint density at radius 2 is 2.00 bits per heavy atom. The van der Waals surface area contributed by atoms with Crippen molar-refractivity contribution in [3.05, 3.63) is 52.9 Å². The van der Waals surface area contributed by atoms with E-state index >= 15 is 0 Å². The van der Waals surface area contributed by atoms with Crippen LogP contribution in [0.5, 0.6) is 11.5 Å². The molecule has 3 rings (SSSR count). The van der Waals surface area contributed by atoms with Gasteiger partial charge in [-0.3, -0.25) is 4.79 Å². The number of carbonyl (C=O) groups is 2. The Morgan fingerprint density at radius 3 is 2.68 bits per heavy atom. The summed E-state index contributed by atoms with van der Waals surface area (Å²) < 4.78 is 23.5. The highest BCUT2D eigenvalue weighted by Crippen LogP contribution is 2.25. The average Bonchev–Trinajstić information content (AvgIpc) is 3.39. The molecule has 7 heteroatoms. The molecule has 0 saturated carbocycles. The average molecular weight is 427 g/mol. The summed E-state index contributed by atoms with van der Waals surface area (Å²) in [6, 6.07) is 7.11. The highest BCUT2D eigenvalue weighted by molar-refractivity contribution is 6.00. The lowest BCUT2D eigenvalue weighted by atomic mass is 10.1. The summed E-state index contributed by atoms with van der Waals surface area (Å²) in [5.74, 6) is 0.403. The van der Waals surface area contributed by atoms with Crippen molar-refractivity contribution in [3.8, 4) is 11.5 Å². The third-order valence-electron chi connectivity index (χ3n) is 5.47. The molecule has 31 heavy (non-hydrogen) atoms. The van der Waals surface area contributed by atoms with Crippen molar-refractivity contribution in [2.24, 2.45) is 0 Å². The van der Waals surface area contributed by atoms with Crippen LogP contribution in [0, 0.1) is 13.8 Å². The number of aromatic nitrogens is 1. The van der Waals surface area contributed by atoms with Crippen LogP contribution in [0.4, 0.5) is 0 Å². The molecule has 0 unspecified atom stereocenters. The van der Waals surface area contributed by atoms with Gasteiger partial charge in [0.1, 0.15) is 11.5 Å². The maximum Gasteiger partial charge on any atom is 0.331 e. The number of esters is 1. The predicted octanol–water partition coefficient (Wildman–Crippen LogP) is 3.74. The van der Waals surface area contributed by atoms with Crippen molar-refractivity contribution in [1.29, 1.82) is 0 Å². The van der Waals surface area contributed by atoms with Crippen molar-refractivity contribution < 1.29 is 28.5 Å². The van der Waals surface area contributed by atoms with Gasteiger partial charge in [-0.05, 0) is 57.0 Å². The standard InChI is InChI=1S/C24H29NO6/c1-16-12-21(17(2)25(16)14-20-6-5-11-30-20)22(26)15-31-24(27)10-7-18-13-19(28-3)8-9-23(18)29-4/h7-10,12-13,20H,5-6,11,14-15H2,1-4H3/b10-7+/t20-/m1/s1. The lowest BCUT2D eigenvalue weighted by Crippen LogP contribution is -2.18. The quantitative estimate of drug-likeness (QED) is 0.345.